The monoisotopic (exact) mass is 147 g/mol. The van der Waals surface area contributed by atoms with Crippen LogP contribution in [0.3, 0.4) is 0 Å². The fourth-order valence-corrected chi connectivity index (χ4v) is 0.411. The van der Waals surface area contributed by atoms with E-state index in [1.807, 2.05) is 19.0 Å². The Morgan fingerprint density at radius 1 is 1.27 bits per heavy atom. The van der Waals surface area contributed by atoms with E-state index in [1.54, 1.807) is 24.4 Å². The van der Waals surface area contributed by atoms with Gasteiger partial charge in [0.05, 0.1) is 0 Å². The quantitative estimate of drug-likeness (QED) is 0.433. The van der Waals surface area contributed by atoms with Crippen LogP contribution in [0.2, 0.25) is 0 Å². The molecule has 0 unspecified atom stereocenters. The zero-order valence-electron chi connectivity index (χ0n) is 6.57. The lowest BCUT2D eigenvalue weighted by Gasteiger charge is -2.00. The van der Waals surface area contributed by atoms with Crippen molar-refractivity contribution in [3.8, 4) is 12.1 Å². The van der Waals surface area contributed by atoms with Crippen molar-refractivity contribution in [1.82, 2.24) is 4.90 Å². The molecule has 0 aliphatic heterocycles. The molecule has 0 atom stereocenters. The van der Waals surface area contributed by atoms with Crippen molar-refractivity contribution in [3.05, 3.63) is 23.9 Å². The van der Waals surface area contributed by atoms with Gasteiger partial charge in [0.25, 0.3) is 0 Å². The predicted molar refractivity (Wildman–Crippen MR) is 42.1 cm³/mol. The van der Waals surface area contributed by atoms with Crippen molar-refractivity contribution in [3.63, 3.8) is 0 Å². The predicted octanol–water partition coefficient (Wildman–Crippen LogP) is 1.04. The summed E-state index contributed by atoms with van der Waals surface area (Å²) in [4.78, 5) is 1.82. The van der Waals surface area contributed by atoms with E-state index in [1.165, 1.54) is 6.08 Å². The first-order chi connectivity index (χ1) is 5.20. The molecule has 0 aromatic rings. The van der Waals surface area contributed by atoms with Crippen LogP contribution >= 0.6 is 0 Å². The molecule has 0 aromatic heterocycles. The summed E-state index contributed by atoms with van der Waals surface area (Å²) in [5.41, 5.74) is 0.114. The highest BCUT2D eigenvalue weighted by molar-refractivity contribution is 5.37. The van der Waals surface area contributed by atoms with Crippen LogP contribution in [0.5, 0.6) is 0 Å². The Labute approximate surface area is 66.5 Å². The lowest BCUT2D eigenvalue weighted by Crippen LogP contribution is -1.99. The van der Waals surface area contributed by atoms with Crippen LogP contribution in [-0.2, 0) is 0 Å². The first-order valence-corrected chi connectivity index (χ1v) is 3.06. The summed E-state index contributed by atoms with van der Waals surface area (Å²) < 4.78 is 0. The van der Waals surface area contributed by atoms with Crippen LogP contribution in [0, 0.1) is 22.7 Å². The molecule has 56 valence electrons. The van der Waals surface area contributed by atoms with E-state index in [0.29, 0.717) is 0 Å². The molecule has 3 nitrogen and oxygen atoms in total. The van der Waals surface area contributed by atoms with Gasteiger partial charge in [0.15, 0.2) is 0 Å². The molecule has 0 rings (SSSR count). The molecule has 0 N–H and O–H groups in total. The Hall–Kier alpha value is -1.74. The van der Waals surface area contributed by atoms with Gasteiger partial charge in [0, 0.05) is 14.1 Å². The third kappa shape index (κ3) is 4.74. The maximum atomic E-state index is 8.30. The second kappa shape index (κ2) is 5.08. The van der Waals surface area contributed by atoms with Gasteiger partial charge < -0.3 is 4.90 Å². The molecule has 0 spiro atoms. The maximum absolute atomic E-state index is 8.30. The molecule has 11 heavy (non-hydrogen) atoms. The molecule has 0 bridgehead atoms. The molecule has 3 heteroatoms. The lowest BCUT2D eigenvalue weighted by atomic mass is 10.3. The summed E-state index contributed by atoms with van der Waals surface area (Å²) in [6.45, 7) is 0. The molecule has 0 amide bonds. The summed E-state index contributed by atoms with van der Waals surface area (Å²) in [7, 11) is 3.73. The van der Waals surface area contributed by atoms with E-state index in [2.05, 4.69) is 0 Å². The van der Waals surface area contributed by atoms with E-state index in [9.17, 15) is 0 Å². The molecular weight excluding hydrogens is 138 g/mol. The Bertz CT molecular complexity index is 231. The van der Waals surface area contributed by atoms with E-state index < -0.39 is 0 Å². The first kappa shape index (κ1) is 9.26. The number of nitriles is 2. The third-order valence-electron chi connectivity index (χ3n) is 0.888. The van der Waals surface area contributed by atoms with Crippen LogP contribution < -0.4 is 0 Å². The molecule has 0 saturated carbocycles. The average Bonchev–Trinajstić information content (AvgIpc) is 1.98. The standard InChI is InChI=1S/C8H9N3/c1-11(2)5-3-4-8(6-9)7-10/h3-5H,1-2H3. The maximum Gasteiger partial charge on any atom is 0.129 e. The fourth-order valence-electron chi connectivity index (χ4n) is 0.411. The van der Waals surface area contributed by atoms with Gasteiger partial charge in [-0.3, -0.25) is 0 Å². The van der Waals surface area contributed by atoms with Crippen LogP contribution in [0.1, 0.15) is 0 Å². The number of rotatable bonds is 2. The van der Waals surface area contributed by atoms with Gasteiger partial charge in [0.2, 0.25) is 0 Å². The molecule has 0 saturated heterocycles. The Morgan fingerprint density at radius 3 is 2.18 bits per heavy atom. The first-order valence-electron chi connectivity index (χ1n) is 3.06. The summed E-state index contributed by atoms with van der Waals surface area (Å²) in [5.74, 6) is 0. The van der Waals surface area contributed by atoms with Gasteiger partial charge in [0.1, 0.15) is 17.7 Å². The van der Waals surface area contributed by atoms with Gasteiger partial charge in [-0.1, -0.05) is 0 Å². The molecule has 0 heterocycles. The number of nitrogens with zero attached hydrogens (tertiary/aromatic N) is 3. The Kier molecular flexibility index (Phi) is 4.27. The van der Waals surface area contributed by atoms with Crippen LogP contribution in [0.4, 0.5) is 0 Å². The Balaban J connectivity index is 4.15. The van der Waals surface area contributed by atoms with Crippen molar-refractivity contribution in [2.45, 2.75) is 0 Å². The fraction of sp³-hybridized carbons (Fsp3) is 0.250. The summed E-state index contributed by atoms with van der Waals surface area (Å²) in [6.07, 6.45) is 4.89. The zero-order chi connectivity index (χ0) is 8.69. The highest BCUT2D eigenvalue weighted by Crippen LogP contribution is 1.89. The molecule has 0 radical (unpaired) electrons. The smallest absolute Gasteiger partial charge is 0.129 e. The van der Waals surface area contributed by atoms with Gasteiger partial charge in [-0.15, -0.1) is 0 Å². The van der Waals surface area contributed by atoms with Crippen LogP contribution in [0.25, 0.3) is 0 Å². The summed E-state index contributed by atoms with van der Waals surface area (Å²) in [5, 5.41) is 16.6. The minimum absolute atomic E-state index is 0.114. The minimum Gasteiger partial charge on any atom is -0.383 e. The lowest BCUT2D eigenvalue weighted by molar-refractivity contribution is 0.564. The van der Waals surface area contributed by atoms with Crippen molar-refractivity contribution in [2.24, 2.45) is 0 Å². The zero-order valence-corrected chi connectivity index (χ0v) is 6.57. The third-order valence-corrected chi connectivity index (χ3v) is 0.888. The molecule has 0 aromatic carbocycles. The topological polar surface area (TPSA) is 50.8 Å². The second-order valence-corrected chi connectivity index (χ2v) is 2.11. The Morgan fingerprint density at radius 2 is 1.82 bits per heavy atom. The number of allylic oxidation sites excluding steroid dienone is 3. The van der Waals surface area contributed by atoms with Gasteiger partial charge in [-0.25, -0.2) is 0 Å². The highest BCUT2D eigenvalue weighted by Gasteiger charge is 1.85. The van der Waals surface area contributed by atoms with Crippen LogP contribution in [0.15, 0.2) is 23.9 Å². The van der Waals surface area contributed by atoms with Crippen molar-refractivity contribution in [2.75, 3.05) is 14.1 Å². The van der Waals surface area contributed by atoms with E-state index >= 15 is 0 Å². The molecule has 0 aliphatic rings. The van der Waals surface area contributed by atoms with Gasteiger partial charge in [-0.05, 0) is 18.4 Å². The van der Waals surface area contributed by atoms with Gasteiger partial charge >= 0.3 is 0 Å². The highest BCUT2D eigenvalue weighted by atomic mass is 15.0. The molecular formula is C8H9N3. The van der Waals surface area contributed by atoms with Crippen molar-refractivity contribution < 1.29 is 0 Å². The summed E-state index contributed by atoms with van der Waals surface area (Å²) in [6, 6.07) is 3.51. The largest absolute Gasteiger partial charge is 0.383 e. The normalized spacial score (nSPS) is 8.36. The second-order valence-electron chi connectivity index (χ2n) is 2.11. The van der Waals surface area contributed by atoms with E-state index in [0.717, 1.165) is 0 Å². The molecule has 0 fully saturated rings. The minimum atomic E-state index is 0.114. The van der Waals surface area contributed by atoms with Crippen molar-refractivity contribution in [1.29, 1.82) is 10.5 Å². The van der Waals surface area contributed by atoms with Crippen molar-refractivity contribution >= 4 is 0 Å². The SMILES string of the molecule is CN(C)C=CC=C(C#N)C#N. The van der Waals surface area contributed by atoms with Gasteiger partial charge in [-0.2, -0.15) is 10.5 Å². The van der Waals surface area contributed by atoms with E-state index in [-0.39, 0.29) is 5.57 Å². The molecule has 0 aliphatic carbocycles. The average molecular weight is 147 g/mol. The van der Waals surface area contributed by atoms with E-state index in [4.69, 9.17) is 10.5 Å². The number of hydrogen-bond donors (Lipinski definition) is 0. The summed E-state index contributed by atoms with van der Waals surface area (Å²) >= 11 is 0. The van der Waals surface area contributed by atoms with Crippen LogP contribution in [-0.4, -0.2) is 19.0 Å². The number of hydrogen-bond acceptors (Lipinski definition) is 3.